The molecule has 1 rings (SSSR count). The minimum absolute atomic E-state index is 1.04. The van der Waals surface area contributed by atoms with Crippen LogP contribution in [0.5, 0.6) is 0 Å². The fourth-order valence-electron chi connectivity index (χ4n) is 1.16. The van der Waals surface area contributed by atoms with Gasteiger partial charge in [-0.15, -0.1) is 0 Å². The molecule has 0 bridgehead atoms. The molecule has 0 aromatic heterocycles. The third-order valence-corrected chi connectivity index (χ3v) is 1.71. The summed E-state index contributed by atoms with van der Waals surface area (Å²) in [5, 5.41) is 3.16. The van der Waals surface area contributed by atoms with Crippen molar-refractivity contribution >= 4 is 13.0 Å². The Hall–Kier alpha value is -0.915. The summed E-state index contributed by atoms with van der Waals surface area (Å²) >= 11 is 0. The molecule has 0 unspecified atom stereocenters. The van der Waals surface area contributed by atoms with E-state index in [-0.39, 0.29) is 0 Å². The van der Waals surface area contributed by atoms with Gasteiger partial charge in [0.2, 0.25) is 0 Å². The van der Waals surface area contributed by atoms with Gasteiger partial charge < -0.3 is 5.32 Å². The molecule has 0 spiro atoms. The number of hydrogen-bond acceptors (Lipinski definition) is 1. The second kappa shape index (κ2) is 4.07. The summed E-state index contributed by atoms with van der Waals surface area (Å²) in [6, 6.07) is 8.36. The third kappa shape index (κ3) is 2.00. The first-order chi connectivity index (χ1) is 5.38. The summed E-state index contributed by atoms with van der Waals surface area (Å²) < 4.78 is 0. The van der Waals surface area contributed by atoms with Crippen LogP contribution in [-0.2, 0) is 6.32 Å². The molecule has 0 fully saturated rings. The van der Waals surface area contributed by atoms with E-state index in [1.165, 1.54) is 11.3 Å². The van der Waals surface area contributed by atoms with Crippen LogP contribution in [-0.4, -0.2) is 14.3 Å². The maximum Gasteiger partial charge on any atom is 0.111 e. The van der Waals surface area contributed by atoms with Gasteiger partial charge in [-0.25, -0.2) is 0 Å². The van der Waals surface area contributed by atoms with Gasteiger partial charge in [0.25, 0.3) is 0 Å². The van der Waals surface area contributed by atoms with Crippen molar-refractivity contribution in [3.05, 3.63) is 29.8 Å². The zero-order valence-corrected chi connectivity index (χ0v) is 7.09. The van der Waals surface area contributed by atoms with Crippen molar-refractivity contribution in [1.29, 1.82) is 0 Å². The smallest absolute Gasteiger partial charge is 0.111 e. The molecule has 0 saturated heterocycles. The lowest BCUT2D eigenvalue weighted by molar-refractivity contribution is 1.35. The van der Waals surface area contributed by atoms with Crippen LogP contribution in [0.25, 0.3) is 0 Å². The van der Waals surface area contributed by atoms with Crippen LogP contribution in [0.4, 0.5) is 5.69 Å². The minimum atomic E-state index is 1.04. The lowest BCUT2D eigenvalue weighted by Gasteiger charge is -2.06. The average Bonchev–Trinajstić information content (AvgIpc) is 2.06. The summed E-state index contributed by atoms with van der Waals surface area (Å²) in [6.07, 6.45) is 1.04. The Kier molecular flexibility index (Phi) is 3.03. The van der Waals surface area contributed by atoms with E-state index in [9.17, 15) is 0 Å². The van der Waals surface area contributed by atoms with E-state index in [1.807, 2.05) is 13.1 Å². The molecule has 1 aromatic rings. The molecule has 0 aliphatic carbocycles. The van der Waals surface area contributed by atoms with Crippen LogP contribution < -0.4 is 5.32 Å². The SMILES string of the molecule is C[B]Cc1ccccc1NC. The topological polar surface area (TPSA) is 12.0 Å². The van der Waals surface area contributed by atoms with Crippen LogP contribution in [0, 0.1) is 0 Å². The van der Waals surface area contributed by atoms with Gasteiger partial charge in [0, 0.05) is 12.7 Å². The molecule has 0 aliphatic rings. The highest BCUT2D eigenvalue weighted by atomic mass is 14.8. The number of para-hydroxylation sites is 1. The second-order valence-electron chi connectivity index (χ2n) is 2.52. The van der Waals surface area contributed by atoms with Crippen LogP contribution >= 0.6 is 0 Å². The quantitative estimate of drug-likeness (QED) is 0.643. The Morgan fingerprint density at radius 1 is 1.36 bits per heavy atom. The standard InChI is InChI=1S/C9H13BN/c1-10-7-8-5-3-4-6-9(8)11-2/h3-6,11H,7H2,1-2H3. The molecular weight excluding hydrogens is 133 g/mol. The summed E-state index contributed by atoms with van der Waals surface area (Å²) in [6.45, 7) is 2.08. The molecule has 1 nitrogen and oxygen atoms in total. The van der Waals surface area contributed by atoms with Crippen molar-refractivity contribution in [2.75, 3.05) is 12.4 Å². The lowest BCUT2D eigenvalue weighted by atomic mass is 9.75. The van der Waals surface area contributed by atoms with Crippen LogP contribution in [0.15, 0.2) is 24.3 Å². The fraction of sp³-hybridized carbons (Fsp3) is 0.333. The molecule has 0 saturated carbocycles. The van der Waals surface area contributed by atoms with Gasteiger partial charge in [0.15, 0.2) is 0 Å². The number of nitrogens with one attached hydrogen (secondary N) is 1. The predicted molar refractivity (Wildman–Crippen MR) is 51.3 cm³/mol. The summed E-state index contributed by atoms with van der Waals surface area (Å²) in [5.41, 5.74) is 2.59. The highest BCUT2D eigenvalue weighted by Crippen LogP contribution is 2.13. The maximum absolute atomic E-state index is 3.16. The van der Waals surface area contributed by atoms with Crippen molar-refractivity contribution in [2.24, 2.45) is 0 Å². The minimum Gasteiger partial charge on any atom is -0.388 e. The first-order valence-corrected chi connectivity index (χ1v) is 3.92. The number of anilines is 1. The molecule has 0 aliphatic heterocycles. The van der Waals surface area contributed by atoms with Crippen molar-refractivity contribution in [2.45, 2.75) is 13.1 Å². The molecule has 0 heterocycles. The number of hydrogen-bond donors (Lipinski definition) is 1. The Bertz CT molecular complexity index is 223. The van der Waals surface area contributed by atoms with Gasteiger partial charge in [-0.1, -0.05) is 31.3 Å². The van der Waals surface area contributed by atoms with E-state index in [1.54, 1.807) is 0 Å². The molecule has 2 heteroatoms. The Morgan fingerprint density at radius 3 is 2.73 bits per heavy atom. The van der Waals surface area contributed by atoms with Crippen molar-refractivity contribution in [1.82, 2.24) is 0 Å². The molecule has 1 aromatic carbocycles. The number of rotatable bonds is 3. The second-order valence-corrected chi connectivity index (χ2v) is 2.52. The normalized spacial score (nSPS) is 9.27. The average molecular weight is 146 g/mol. The highest BCUT2D eigenvalue weighted by molar-refractivity contribution is 6.33. The summed E-state index contributed by atoms with van der Waals surface area (Å²) in [5.74, 6) is 0. The first-order valence-electron chi connectivity index (χ1n) is 3.92. The first kappa shape index (κ1) is 8.18. The van der Waals surface area contributed by atoms with E-state index < -0.39 is 0 Å². The molecule has 11 heavy (non-hydrogen) atoms. The van der Waals surface area contributed by atoms with E-state index in [4.69, 9.17) is 0 Å². The molecule has 0 amide bonds. The summed E-state index contributed by atoms with van der Waals surface area (Å²) in [7, 11) is 4.12. The third-order valence-electron chi connectivity index (χ3n) is 1.71. The van der Waals surface area contributed by atoms with E-state index in [0.717, 1.165) is 6.32 Å². The highest BCUT2D eigenvalue weighted by Gasteiger charge is 1.96. The van der Waals surface area contributed by atoms with Gasteiger partial charge in [0.1, 0.15) is 7.28 Å². The van der Waals surface area contributed by atoms with E-state index in [2.05, 4.69) is 37.6 Å². The van der Waals surface area contributed by atoms with Crippen molar-refractivity contribution < 1.29 is 0 Å². The molecule has 1 N–H and O–H groups in total. The van der Waals surface area contributed by atoms with Crippen LogP contribution in [0.1, 0.15) is 5.56 Å². The van der Waals surface area contributed by atoms with Gasteiger partial charge in [-0.2, -0.15) is 0 Å². The fourth-order valence-corrected chi connectivity index (χ4v) is 1.16. The predicted octanol–water partition coefficient (Wildman–Crippen LogP) is 1.98. The van der Waals surface area contributed by atoms with Gasteiger partial charge >= 0.3 is 0 Å². The van der Waals surface area contributed by atoms with Crippen molar-refractivity contribution in [3.63, 3.8) is 0 Å². The number of benzene rings is 1. The van der Waals surface area contributed by atoms with Crippen LogP contribution in [0.2, 0.25) is 6.82 Å². The van der Waals surface area contributed by atoms with E-state index >= 15 is 0 Å². The Balaban J connectivity index is 2.83. The van der Waals surface area contributed by atoms with Gasteiger partial charge in [0.05, 0.1) is 0 Å². The van der Waals surface area contributed by atoms with Gasteiger partial charge in [-0.05, 0) is 11.6 Å². The maximum atomic E-state index is 3.16. The molecule has 57 valence electrons. The summed E-state index contributed by atoms with van der Waals surface area (Å²) in [4.78, 5) is 0. The largest absolute Gasteiger partial charge is 0.388 e. The zero-order valence-electron chi connectivity index (χ0n) is 7.09. The molecular formula is C9H13BN. The Morgan fingerprint density at radius 2 is 2.09 bits per heavy atom. The van der Waals surface area contributed by atoms with Crippen LogP contribution in [0.3, 0.4) is 0 Å². The zero-order chi connectivity index (χ0) is 8.10. The lowest BCUT2D eigenvalue weighted by Crippen LogP contribution is -1.97. The van der Waals surface area contributed by atoms with E-state index in [0.29, 0.717) is 0 Å². The molecule has 0 atom stereocenters. The van der Waals surface area contributed by atoms with Crippen molar-refractivity contribution in [3.8, 4) is 0 Å². The molecule has 1 radical (unpaired) electrons. The van der Waals surface area contributed by atoms with Gasteiger partial charge in [-0.3, -0.25) is 0 Å². The Labute approximate surface area is 69.1 Å². The monoisotopic (exact) mass is 146 g/mol.